The monoisotopic (exact) mass is 281 g/mol. The fourth-order valence-corrected chi connectivity index (χ4v) is 3.60. The topological polar surface area (TPSA) is 67.8 Å². The van der Waals surface area contributed by atoms with Crippen molar-refractivity contribution in [3.8, 4) is 11.5 Å². The van der Waals surface area contributed by atoms with Crippen molar-refractivity contribution < 1.29 is 19.4 Å². The maximum atomic E-state index is 10.9. The van der Waals surface area contributed by atoms with Gasteiger partial charge in [0.15, 0.2) is 11.5 Å². The van der Waals surface area contributed by atoms with Crippen molar-refractivity contribution in [1.29, 1.82) is 0 Å². The molecule has 0 spiro atoms. The summed E-state index contributed by atoms with van der Waals surface area (Å²) in [7, 11) is 0. The van der Waals surface area contributed by atoms with Gasteiger partial charge in [0.05, 0.1) is 11.2 Å². The molecule has 102 valence electrons. The minimum atomic E-state index is -0.758. The van der Waals surface area contributed by atoms with Crippen molar-refractivity contribution in [3.05, 3.63) is 18.2 Å². The van der Waals surface area contributed by atoms with Gasteiger partial charge in [0.2, 0.25) is 0 Å². The molecule has 1 aromatic carbocycles. The number of hydrogen-bond donors (Lipinski definition) is 2. The van der Waals surface area contributed by atoms with Gasteiger partial charge in [-0.15, -0.1) is 11.8 Å². The lowest BCUT2D eigenvalue weighted by Gasteiger charge is -2.41. The first-order chi connectivity index (χ1) is 9.17. The van der Waals surface area contributed by atoms with Crippen LogP contribution in [-0.4, -0.2) is 42.1 Å². The van der Waals surface area contributed by atoms with E-state index in [0.29, 0.717) is 13.2 Å². The molecule has 5 nitrogen and oxygen atoms in total. The molecule has 1 saturated heterocycles. The molecule has 2 aliphatic heterocycles. The highest BCUT2D eigenvalue weighted by Crippen LogP contribution is 2.42. The van der Waals surface area contributed by atoms with Crippen molar-refractivity contribution in [1.82, 2.24) is 5.32 Å². The fourth-order valence-electron chi connectivity index (χ4n) is 2.25. The van der Waals surface area contributed by atoms with Crippen LogP contribution in [0.1, 0.15) is 6.42 Å². The lowest BCUT2D eigenvalue weighted by Crippen LogP contribution is -2.57. The number of rotatable bonds is 4. The summed E-state index contributed by atoms with van der Waals surface area (Å²) in [5.41, 5.74) is 0. The minimum absolute atomic E-state index is 0.166. The van der Waals surface area contributed by atoms with Gasteiger partial charge in [-0.2, -0.15) is 0 Å². The largest absolute Gasteiger partial charge is 0.486 e. The van der Waals surface area contributed by atoms with Crippen LogP contribution in [-0.2, 0) is 4.79 Å². The van der Waals surface area contributed by atoms with Gasteiger partial charge in [-0.05, 0) is 18.2 Å². The second kappa shape index (κ2) is 4.94. The van der Waals surface area contributed by atoms with Crippen LogP contribution in [0.15, 0.2) is 23.1 Å². The van der Waals surface area contributed by atoms with Crippen LogP contribution in [0, 0.1) is 0 Å². The van der Waals surface area contributed by atoms with E-state index in [0.717, 1.165) is 29.5 Å². The molecule has 1 fully saturated rings. The summed E-state index contributed by atoms with van der Waals surface area (Å²) >= 11 is 1.60. The molecule has 2 N–H and O–H groups in total. The molecule has 0 saturated carbocycles. The Morgan fingerprint density at radius 3 is 2.68 bits per heavy atom. The van der Waals surface area contributed by atoms with Crippen LogP contribution >= 0.6 is 11.8 Å². The molecule has 0 aromatic heterocycles. The number of benzene rings is 1. The SMILES string of the molecule is O=C(O)CC1(Sc2ccc3c(c2)OCCO3)CNC1. The number of carboxylic acid groups (broad SMARTS) is 1. The molecule has 0 aliphatic carbocycles. The maximum Gasteiger partial charge on any atom is 0.304 e. The highest BCUT2D eigenvalue weighted by molar-refractivity contribution is 8.00. The quantitative estimate of drug-likeness (QED) is 0.869. The predicted molar refractivity (Wildman–Crippen MR) is 71.1 cm³/mol. The lowest BCUT2D eigenvalue weighted by atomic mass is 9.98. The summed E-state index contributed by atoms with van der Waals surface area (Å²) in [6.45, 7) is 2.58. The Balaban J connectivity index is 1.77. The highest BCUT2D eigenvalue weighted by atomic mass is 32.2. The smallest absolute Gasteiger partial charge is 0.304 e. The van der Waals surface area contributed by atoms with Gasteiger partial charge in [-0.1, -0.05) is 0 Å². The maximum absolute atomic E-state index is 10.9. The fraction of sp³-hybridized carbons (Fsp3) is 0.462. The van der Waals surface area contributed by atoms with Crippen LogP contribution < -0.4 is 14.8 Å². The lowest BCUT2D eigenvalue weighted by molar-refractivity contribution is -0.138. The van der Waals surface area contributed by atoms with Crippen LogP contribution in [0.3, 0.4) is 0 Å². The Morgan fingerprint density at radius 2 is 2.05 bits per heavy atom. The number of carbonyl (C=O) groups is 1. The molecule has 6 heteroatoms. The van der Waals surface area contributed by atoms with Gasteiger partial charge in [0, 0.05) is 18.0 Å². The van der Waals surface area contributed by atoms with E-state index in [1.165, 1.54) is 0 Å². The Morgan fingerprint density at radius 1 is 1.32 bits per heavy atom. The zero-order valence-corrected chi connectivity index (χ0v) is 11.2. The summed E-state index contributed by atoms with van der Waals surface area (Å²) in [5.74, 6) is 0.746. The Labute approximate surface area is 115 Å². The Bertz CT molecular complexity index is 501. The number of thioether (sulfide) groups is 1. The molecule has 3 rings (SSSR count). The number of ether oxygens (including phenoxy) is 2. The number of hydrogen-bond acceptors (Lipinski definition) is 5. The number of carboxylic acids is 1. The molecule has 19 heavy (non-hydrogen) atoms. The summed E-state index contributed by atoms with van der Waals surface area (Å²) in [6, 6.07) is 5.78. The van der Waals surface area contributed by atoms with Crippen LogP contribution in [0.5, 0.6) is 11.5 Å². The van der Waals surface area contributed by atoms with Crippen LogP contribution in [0.4, 0.5) is 0 Å². The van der Waals surface area contributed by atoms with Gasteiger partial charge in [-0.3, -0.25) is 4.79 Å². The van der Waals surface area contributed by atoms with Crippen molar-refractivity contribution in [2.24, 2.45) is 0 Å². The standard InChI is InChI=1S/C13H15NO4S/c15-12(16)6-13(7-14-8-13)19-9-1-2-10-11(5-9)18-4-3-17-10/h1-2,5,14H,3-4,6-8H2,(H,15,16). The summed E-state index contributed by atoms with van der Waals surface area (Å²) in [6.07, 6.45) is 0.166. The normalized spacial score (nSPS) is 19.6. The Hall–Kier alpha value is -1.40. The average Bonchev–Trinajstić information content (AvgIpc) is 2.35. The van der Waals surface area contributed by atoms with E-state index in [1.807, 2.05) is 18.2 Å². The molecule has 0 bridgehead atoms. The van der Waals surface area contributed by atoms with E-state index in [1.54, 1.807) is 11.8 Å². The number of aliphatic carboxylic acids is 1. The van der Waals surface area contributed by atoms with E-state index in [-0.39, 0.29) is 11.2 Å². The minimum Gasteiger partial charge on any atom is -0.486 e. The zero-order chi connectivity index (χ0) is 13.3. The third kappa shape index (κ3) is 2.64. The average molecular weight is 281 g/mol. The van der Waals surface area contributed by atoms with E-state index in [2.05, 4.69) is 5.32 Å². The van der Waals surface area contributed by atoms with Gasteiger partial charge >= 0.3 is 5.97 Å². The summed E-state index contributed by atoms with van der Waals surface area (Å²) in [5, 5.41) is 12.1. The van der Waals surface area contributed by atoms with Crippen LogP contribution in [0.25, 0.3) is 0 Å². The van der Waals surface area contributed by atoms with E-state index >= 15 is 0 Å². The van der Waals surface area contributed by atoms with E-state index < -0.39 is 5.97 Å². The van der Waals surface area contributed by atoms with Gasteiger partial charge in [0.25, 0.3) is 0 Å². The van der Waals surface area contributed by atoms with Gasteiger partial charge in [0.1, 0.15) is 13.2 Å². The highest BCUT2D eigenvalue weighted by Gasteiger charge is 2.40. The first-order valence-electron chi connectivity index (χ1n) is 6.18. The zero-order valence-electron chi connectivity index (χ0n) is 10.3. The number of fused-ring (bicyclic) bond motifs is 1. The van der Waals surface area contributed by atoms with Crippen molar-refractivity contribution >= 4 is 17.7 Å². The number of nitrogens with one attached hydrogen (secondary N) is 1. The van der Waals surface area contributed by atoms with Crippen LogP contribution in [0.2, 0.25) is 0 Å². The second-order valence-electron chi connectivity index (χ2n) is 4.76. The molecule has 2 aliphatic rings. The van der Waals surface area contributed by atoms with Crippen molar-refractivity contribution in [3.63, 3.8) is 0 Å². The first-order valence-corrected chi connectivity index (χ1v) is 7.00. The first kappa shape index (κ1) is 12.6. The molecule has 0 amide bonds. The van der Waals surface area contributed by atoms with Crippen molar-refractivity contribution in [2.75, 3.05) is 26.3 Å². The third-order valence-electron chi connectivity index (χ3n) is 3.22. The Kier molecular flexibility index (Phi) is 3.28. The molecular formula is C13H15NO4S. The molecular weight excluding hydrogens is 266 g/mol. The second-order valence-corrected chi connectivity index (χ2v) is 6.31. The molecule has 0 radical (unpaired) electrons. The van der Waals surface area contributed by atoms with Gasteiger partial charge < -0.3 is 19.9 Å². The van der Waals surface area contributed by atoms with E-state index in [9.17, 15) is 4.79 Å². The van der Waals surface area contributed by atoms with E-state index in [4.69, 9.17) is 14.6 Å². The molecule has 0 unspecified atom stereocenters. The molecule has 1 aromatic rings. The van der Waals surface area contributed by atoms with Gasteiger partial charge in [-0.25, -0.2) is 0 Å². The summed E-state index contributed by atoms with van der Waals surface area (Å²) < 4.78 is 10.8. The molecule has 2 heterocycles. The predicted octanol–water partition coefficient (Wildman–Crippen LogP) is 1.37. The summed E-state index contributed by atoms with van der Waals surface area (Å²) in [4.78, 5) is 12.0. The molecule has 0 atom stereocenters. The van der Waals surface area contributed by atoms with Crippen molar-refractivity contribution in [2.45, 2.75) is 16.1 Å². The third-order valence-corrected chi connectivity index (χ3v) is 4.57.